The normalized spacial score (nSPS) is 17.0. The number of rotatable bonds is 5. The number of furan rings is 1. The van der Waals surface area contributed by atoms with Crippen LogP contribution in [0, 0.1) is 0 Å². The number of amides is 3. The summed E-state index contributed by atoms with van der Waals surface area (Å²) in [5.74, 6) is 0.128. The van der Waals surface area contributed by atoms with Gasteiger partial charge in [-0.25, -0.2) is 4.90 Å². The van der Waals surface area contributed by atoms with Crippen molar-refractivity contribution in [3.8, 4) is 5.75 Å². The number of hydrogen-bond donors (Lipinski definition) is 0. The summed E-state index contributed by atoms with van der Waals surface area (Å²) in [7, 11) is 1.54. The first-order valence-corrected chi connectivity index (χ1v) is 7.81. The standard InChI is InChI=1S/C18H18N2O5/c1-12(21)19(11-15-4-3-9-25-15)16-10-17(22)20(18(16)23)13-5-7-14(24-2)8-6-13/h3-9,16H,10-11H2,1-2H3/t16-/m1/s1. The van der Waals surface area contributed by atoms with E-state index in [4.69, 9.17) is 9.15 Å². The van der Waals surface area contributed by atoms with Crippen molar-refractivity contribution in [3.63, 3.8) is 0 Å². The molecule has 1 aromatic carbocycles. The minimum Gasteiger partial charge on any atom is -0.497 e. The molecule has 0 radical (unpaired) electrons. The summed E-state index contributed by atoms with van der Waals surface area (Å²) < 4.78 is 10.3. The van der Waals surface area contributed by atoms with Crippen LogP contribution in [0.3, 0.4) is 0 Å². The Labute approximate surface area is 144 Å². The van der Waals surface area contributed by atoms with Crippen LogP contribution in [0.5, 0.6) is 5.75 Å². The summed E-state index contributed by atoms with van der Waals surface area (Å²) in [6.45, 7) is 1.51. The summed E-state index contributed by atoms with van der Waals surface area (Å²) in [6, 6.07) is 9.22. The highest BCUT2D eigenvalue weighted by Crippen LogP contribution is 2.28. The van der Waals surface area contributed by atoms with Gasteiger partial charge in [0.05, 0.1) is 32.0 Å². The molecule has 2 aromatic rings. The van der Waals surface area contributed by atoms with Crippen molar-refractivity contribution in [2.45, 2.75) is 25.9 Å². The maximum atomic E-state index is 12.8. The lowest BCUT2D eigenvalue weighted by atomic mass is 10.2. The molecule has 1 atom stereocenters. The molecule has 0 N–H and O–H groups in total. The maximum Gasteiger partial charge on any atom is 0.257 e. The first-order chi connectivity index (χ1) is 12.0. The molecule has 3 amide bonds. The minimum absolute atomic E-state index is 0.0504. The highest BCUT2D eigenvalue weighted by atomic mass is 16.5. The Morgan fingerprint density at radius 3 is 2.56 bits per heavy atom. The van der Waals surface area contributed by atoms with E-state index in [2.05, 4.69) is 0 Å². The van der Waals surface area contributed by atoms with Crippen molar-refractivity contribution in [2.75, 3.05) is 12.0 Å². The molecule has 1 aliphatic rings. The number of imide groups is 1. The summed E-state index contributed by atoms with van der Waals surface area (Å²) in [6.07, 6.45) is 1.45. The number of nitrogens with zero attached hydrogens (tertiary/aromatic N) is 2. The first kappa shape index (κ1) is 16.8. The lowest BCUT2D eigenvalue weighted by molar-refractivity contribution is -0.137. The van der Waals surface area contributed by atoms with Crippen LogP contribution in [0.2, 0.25) is 0 Å². The zero-order chi connectivity index (χ0) is 18.0. The predicted molar refractivity (Wildman–Crippen MR) is 88.8 cm³/mol. The second kappa shape index (κ2) is 6.80. The summed E-state index contributed by atoms with van der Waals surface area (Å²) in [5, 5.41) is 0. The molecule has 1 aliphatic heterocycles. The van der Waals surface area contributed by atoms with Crippen LogP contribution in [0.15, 0.2) is 47.1 Å². The average Bonchev–Trinajstić information content (AvgIpc) is 3.20. The number of methoxy groups -OCH3 is 1. The van der Waals surface area contributed by atoms with E-state index in [0.29, 0.717) is 17.2 Å². The lowest BCUT2D eigenvalue weighted by Gasteiger charge is -2.25. The molecule has 2 heterocycles. The van der Waals surface area contributed by atoms with E-state index >= 15 is 0 Å². The summed E-state index contributed by atoms with van der Waals surface area (Å²) in [5.41, 5.74) is 0.458. The molecule has 0 bridgehead atoms. The topological polar surface area (TPSA) is 80.1 Å². The Morgan fingerprint density at radius 1 is 1.28 bits per heavy atom. The lowest BCUT2D eigenvalue weighted by Crippen LogP contribution is -2.44. The number of anilines is 1. The molecular formula is C18H18N2O5. The highest BCUT2D eigenvalue weighted by Gasteiger charge is 2.43. The molecule has 25 heavy (non-hydrogen) atoms. The van der Waals surface area contributed by atoms with Gasteiger partial charge >= 0.3 is 0 Å². The average molecular weight is 342 g/mol. The van der Waals surface area contributed by atoms with Crippen LogP contribution in [0.25, 0.3) is 0 Å². The molecular weight excluding hydrogens is 324 g/mol. The Bertz CT molecular complexity index is 782. The largest absolute Gasteiger partial charge is 0.497 e. The number of ether oxygens (including phenoxy) is 1. The van der Waals surface area contributed by atoms with Gasteiger partial charge in [0, 0.05) is 6.92 Å². The zero-order valence-corrected chi connectivity index (χ0v) is 14.0. The van der Waals surface area contributed by atoms with Gasteiger partial charge < -0.3 is 14.1 Å². The fraction of sp³-hybridized carbons (Fsp3) is 0.278. The van der Waals surface area contributed by atoms with Crippen molar-refractivity contribution in [1.29, 1.82) is 0 Å². The van der Waals surface area contributed by atoms with Gasteiger partial charge in [-0.15, -0.1) is 0 Å². The van der Waals surface area contributed by atoms with E-state index in [1.54, 1.807) is 36.4 Å². The van der Waals surface area contributed by atoms with Gasteiger partial charge in [0.25, 0.3) is 5.91 Å². The number of carbonyl (C=O) groups excluding carboxylic acids is 3. The van der Waals surface area contributed by atoms with Crippen LogP contribution in [-0.2, 0) is 20.9 Å². The Hall–Kier alpha value is -3.09. The molecule has 0 aliphatic carbocycles. The molecule has 0 unspecified atom stereocenters. The molecule has 1 aromatic heterocycles. The second-order valence-electron chi connectivity index (χ2n) is 5.71. The summed E-state index contributed by atoms with van der Waals surface area (Å²) >= 11 is 0. The predicted octanol–water partition coefficient (Wildman–Crippen LogP) is 1.97. The second-order valence-corrected chi connectivity index (χ2v) is 5.71. The van der Waals surface area contributed by atoms with Crippen molar-refractivity contribution in [3.05, 3.63) is 48.4 Å². The Kier molecular flexibility index (Phi) is 4.56. The van der Waals surface area contributed by atoms with Crippen molar-refractivity contribution in [1.82, 2.24) is 4.90 Å². The van der Waals surface area contributed by atoms with Gasteiger partial charge in [0.2, 0.25) is 11.8 Å². The molecule has 1 fully saturated rings. The third-order valence-corrected chi connectivity index (χ3v) is 4.14. The van der Waals surface area contributed by atoms with Gasteiger partial charge in [0.1, 0.15) is 17.6 Å². The number of benzene rings is 1. The molecule has 0 saturated carbocycles. The summed E-state index contributed by atoms with van der Waals surface area (Å²) in [4.78, 5) is 39.7. The molecule has 7 heteroatoms. The number of hydrogen-bond acceptors (Lipinski definition) is 5. The van der Waals surface area contributed by atoms with E-state index in [-0.39, 0.29) is 24.8 Å². The Balaban J connectivity index is 1.84. The van der Waals surface area contributed by atoms with Gasteiger partial charge in [-0.2, -0.15) is 0 Å². The smallest absolute Gasteiger partial charge is 0.257 e. The molecule has 7 nitrogen and oxygen atoms in total. The molecule has 3 rings (SSSR count). The van der Waals surface area contributed by atoms with Crippen molar-refractivity contribution < 1.29 is 23.5 Å². The van der Waals surface area contributed by atoms with Gasteiger partial charge in [-0.1, -0.05) is 0 Å². The van der Waals surface area contributed by atoms with Gasteiger partial charge in [-0.3, -0.25) is 14.4 Å². The first-order valence-electron chi connectivity index (χ1n) is 7.81. The minimum atomic E-state index is -0.836. The zero-order valence-electron chi connectivity index (χ0n) is 14.0. The van der Waals surface area contributed by atoms with Crippen molar-refractivity contribution >= 4 is 23.4 Å². The Morgan fingerprint density at radius 2 is 2.00 bits per heavy atom. The van der Waals surface area contributed by atoms with E-state index in [1.165, 1.54) is 25.2 Å². The molecule has 130 valence electrons. The fourth-order valence-electron chi connectivity index (χ4n) is 2.87. The SMILES string of the molecule is COc1ccc(N2C(=O)C[C@@H](N(Cc3ccco3)C(C)=O)C2=O)cc1. The van der Waals surface area contributed by atoms with E-state index < -0.39 is 11.9 Å². The van der Waals surface area contributed by atoms with Crippen LogP contribution < -0.4 is 9.64 Å². The number of carbonyl (C=O) groups is 3. The van der Waals surface area contributed by atoms with E-state index in [0.717, 1.165) is 4.90 Å². The van der Waals surface area contributed by atoms with Crippen LogP contribution in [0.4, 0.5) is 5.69 Å². The van der Waals surface area contributed by atoms with E-state index in [1.807, 2.05) is 0 Å². The van der Waals surface area contributed by atoms with Gasteiger partial charge in [0.15, 0.2) is 0 Å². The molecule has 1 saturated heterocycles. The monoisotopic (exact) mass is 342 g/mol. The van der Waals surface area contributed by atoms with Crippen LogP contribution >= 0.6 is 0 Å². The van der Waals surface area contributed by atoms with Crippen LogP contribution in [-0.4, -0.2) is 35.8 Å². The van der Waals surface area contributed by atoms with Crippen LogP contribution in [0.1, 0.15) is 19.1 Å². The fourth-order valence-corrected chi connectivity index (χ4v) is 2.87. The highest BCUT2D eigenvalue weighted by molar-refractivity contribution is 6.23. The quantitative estimate of drug-likeness (QED) is 0.776. The third kappa shape index (κ3) is 3.26. The van der Waals surface area contributed by atoms with E-state index in [9.17, 15) is 14.4 Å². The van der Waals surface area contributed by atoms with Crippen molar-refractivity contribution in [2.24, 2.45) is 0 Å². The van der Waals surface area contributed by atoms with Gasteiger partial charge in [-0.05, 0) is 36.4 Å². The molecule has 0 spiro atoms. The third-order valence-electron chi connectivity index (χ3n) is 4.14. The maximum absolute atomic E-state index is 12.8.